The van der Waals surface area contributed by atoms with Gasteiger partial charge in [-0.2, -0.15) is 0 Å². The molecule has 0 radical (unpaired) electrons. The number of nitrogens with zero attached hydrogens (tertiary/aromatic N) is 2. The smallest absolute Gasteiger partial charge is 0.0230 e. The Labute approximate surface area is 133 Å². The number of benzene rings is 1. The minimum atomic E-state index is 0.729. The Bertz CT molecular complexity index is 343. The average Bonchev–Trinajstić information content (AvgIpc) is 2.40. The molecule has 1 rings (SSSR count). The average molecular weight is 293 g/mol. The molecule has 0 heterocycles. The zero-order valence-corrected chi connectivity index (χ0v) is 15.3. The van der Waals surface area contributed by atoms with Crippen molar-refractivity contribution in [3.63, 3.8) is 0 Å². The van der Waals surface area contributed by atoms with Gasteiger partial charge in [0.15, 0.2) is 0 Å². The Morgan fingerprint density at radius 1 is 0.810 bits per heavy atom. The van der Waals surface area contributed by atoms with Crippen molar-refractivity contribution in [1.29, 1.82) is 0 Å². The molecule has 0 unspecified atom stereocenters. The van der Waals surface area contributed by atoms with E-state index in [-0.39, 0.29) is 0 Å². The summed E-state index contributed by atoms with van der Waals surface area (Å²) < 4.78 is 0. The van der Waals surface area contributed by atoms with Crippen LogP contribution in [0.15, 0.2) is 24.3 Å². The molecule has 0 bridgehead atoms. The highest BCUT2D eigenvalue weighted by Gasteiger charge is 2.03. The van der Waals surface area contributed by atoms with Crippen molar-refractivity contribution in [3.05, 3.63) is 35.4 Å². The SMILES string of the molecule is CCC.CCN(C)Cc1ccc(CN(C)CC(C)C)cc1. The van der Waals surface area contributed by atoms with Crippen LogP contribution in [0.4, 0.5) is 0 Å². The van der Waals surface area contributed by atoms with E-state index in [1.807, 2.05) is 0 Å². The molecule has 0 aliphatic heterocycles. The van der Waals surface area contributed by atoms with Gasteiger partial charge >= 0.3 is 0 Å². The monoisotopic (exact) mass is 292 g/mol. The fourth-order valence-corrected chi connectivity index (χ4v) is 2.17. The first kappa shape index (κ1) is 20.1. The summed E-state index contributed by atoms with van der Waals surface area (Å²) in [6, 6.07) is 9.03. The summed E-state index contributed by atoms with van der Waals surface area (Å²) in [4.78, 5) is 4.71. The zero-order chi connectivity index (χ0) is 16.3. The maximum atomic E-state index is 2.39. The van der Waals surface area contributed by atoms with Crippen molar-refractivity contribution < 1.29 is 0 Å². The molecule has 0 amide bonds. The maximum absolute atomic E-state index is 2.39. The first-order valence-electron chi connectivity index (χ1n) is 8.37. The summed E-state index contributed by atoms with van der Waals surface area (Å²) in [6.07, 6.45) is 1.25. The highest BCUT2D eigenvalue weighted by Crippen LogP contribution is 2.09. The van der Waals surface area contributed by atoms with Crippen LogP contribution in [0, 0.1) is 5.92 Å². The van der Waals surface area contributed by atoms with E-state index < -0.39 is 0 Å². The van der Waals surface area contributed by atoms with Crippen LogP contribution in [0.25, 0.3) is 0 Å². The third kappa shape index (κ3) is 10.5. The third-order valence-corrected chi connectivity index (χ3v) is 3.14. The molecule has 2 heteroatoms. The zero-order valence-electron chi connectivity index (χ0n) is 15.3. The van der Waals surface area contributed by atoms with Gasteiger partial charge in [-0.15, -0.1) is 0 Å². The minimum absolute atomic E-state index is 0.729. The van der Waals surface area contributed by atoms with Gasteiger partial charge in [-0.25, -0.2) is 0 Å². The molecule has 0 N–H and O–H groups in total. The van der Waals surface area contributed by atoms with Crippen LogP contribution in [0.1, 0.15) is 52.2 Å². The standard InChI is InChI=1S/C16H28N2.C3H8/c1-6-17(4)12-15-7-9-16(10-8-15)13-18(5)11-14(2)3;1-3-2/h7-10,14H,6,11-13H2,1-5H3;3H2,1-2H3. The lowest BCUT2D eigenvalue weighted by Crippen LogP contribution is -2.22. The van der Waals surface area contributed by atoms with Crippen molar-refractivity contribution in [2.24, 2.45) is 5.92 Å². The van der Waals surface area contributed by atoms with E-state index in [1.54, 1.807) is 0 Å². The molecule has 0 fully saturated rings. The predicted molar refractivity (Wildman–Crippen MR) is 95.6 cm³/mol. The molecule has 2 nitrogen and oxygen atoms in total. The Hall–Kier alpha value is -0.860. The molecule has 0 aliphatic rings. The lowest BCUT2D eigenvalue weighted by molar-refractivity contribution is 0.288. The summed E-state index contributed by atoms with van der Waals surface area (Å²) in [7, 11) is 4.35. The van der Waals surface area contributed by atoms with E-state index in [4.69, 9.17) is 0 Å². The van der Waals surface area contributed by atoms with E-state index in [9.17, 15) is 0 Å². The molecule has 1 aromatic rings. The van der Waals surface area contributed by atoms with Crippen LogP contribution < -0.4 is 0 Å². The fourth-order valence-electron chi connectivity index (χ4n) is 2.17. The quantitative estimate of drug-likeness (QED) is 0.722. The summed E-state index contributed by atoms with van der Waals surface area (Å²) in [5.74, 6) is 0.729. The van der Waals surface area contributed by atoms with Gasteiger partial charge in [0.2, 0.25) is 0 Å². The van der Waals surface area contributed by atoms with Gasteiger partial charge in [0.25, 0.3) is 0 Å². The van der Waals surface area contributed by atoms with Gasteiger partial charge in [-0.1, -0.05) is 65.3 Å². The van der Waals surface area contributed by atoms with Crippen molar-refractivity contribution in [1.82, 2.24) is 9.80 Å². The largest absolute Gasteiger partial charge is 0.302 e. The molecule has 122 valence electrons. The summed E-state index contributed by atoms with van der Waals surface area (Å²) in [6.45, 7) is 15.3. The second-order valence-corrected chi connectivity index (χ2v) is 6.44. The first-order chi connectivity index (χ1) is 9.92. The second-order valence-electron chi connectivity index (χ2n) is 6.44. The predicted octanol–water partition coefficient (Wildman–Crippen LogP) is 4.64. The molecule has 0 saturated heterocycles. The van der Waals surface area contributed by atoms with Gasteiger partial charge in [-0.3, -0.25) is 0 Å². The molecule has 0 saturated carbocycles. The summed E-state index contributed by atoms with van der Waals surface area (Å²) in [5, 5.41) is 0. The van der Waals surface area contributed by atoms with Crippen molar-refractivity contribution in [3.8, 4) is 0 Å². The molecule has 21 heavy (non-hydrogen) atoms. The maximum Gasteiger partial charge on any atom is 0.0230 e. The Morgan fingerprint density at radius 2 is 1.19 bits per heavy atom. The van der Waals surface area contributed by atoms with E-state index in [0.29, 0.717) is 0 Å². The number of rotatable bonds is 7. The van der Waals surface area contributed by atoms with E-state index in [2.05, 4.69) is 82.8 Å². The molecule has 0 aliphatic carbocycles. The van der Waals surface area contributed by atoms with Crippen molar-refractivity contribution in [2.45, 2.75) is 54.1 Å². The Morgan fingerprint density at radius 3 is 1.52 bits per heavy atom. The van der Waals surface area contributed by atoms with Crippen molar-refractivity contribution >= 4 is 0 Å². The van der Waals surface area contributed by atoms with Gasteiger partial charge < -0.3 is 9.80 Å². The van der Waals surface area contributed by atoms with Crippen LogP contribution in [-0.4, -0.2) is 37.0 Å². The number of hydrogen-bond donors (Lipinski definition) is 0. The lowest BCUT2D eigenvalue weighted by atomic mass is 10.1. The van der Waals surface area contributed by atoms with Crippen LogP contribution in [-0.2, 0) is 13.1 Å². The normalized spacial score (nSPS) is 11.0. The number of hydrogen-bond acceptors (Lipinski definition) is 2. The van der Waals surface area contributed by atoms with Crippen LogP contribution in [0.5, 0.6) is 0 Å². The van der Waals surface area contributed by atoms with Gasteiger partial charge in [0.1, 0.15) is 0 Å². The van der Waals surface area contributed by atoms with E-state index in [0.717, 1.165) is 32.1 Å². The highest BCUT2D eigenvalue weighted by molar-refractivity contribution is 5.22. The molecule has 0 atom stereocenters. The van der Waals surface area contributed by atoms with Crippen molar-refractivity contribution in [2.75, 3.05) is 27.2 Å². The topological polar surface area (TPSA) is 6.48 Å². The molecule has 0 spiro atoms. The fraction of sp³-hybridized carbons (Fsp3) is 0.684. The van der Waals surface area contributed by atoms with Crippen LogP contribution >= 0.6 is 0 Å². The third-order valence-electron chi connectivity index (χ3n) is 3.14. The molecular formula is C19H36N2. The highest BCUT2D eigenvalue weighted by atomic mass is 15.1. The first-order valence-corrected chi connectivity index (χ1v) is 8.37. The molecule has 0 aromatic heterocycles. The lowest BCUT2D eigenvalue weighted by Gasteiger charge is -2.19. The van der Waals surface area contributed by atoms with Crippen LogP contribution in [0.2, 0.25) is 0 Å². The molecule has 1 aromatic carbocycles. The minimum Gasteiger partial charge on any atom is -0.302 e. The van der Waals surface area contributed by atoms with Crippen LogP contribution in [0.3, 0.4) is 0 Å². The Balaban J connectivity index is 0.00000122. The van der Waals surface area contributed by atoms with E-state index >= 15 is 0 Å². The Kier molecular flexibility index (Phi) is 11.3. The van der Waals surface area contributed by atoms with Gasteiger partial charge in [0.05, 0.1) is 0 Å². The molecular weight excluding hydrogens is 256 g/mol. The van der Waals surface area contributed by atoms with Gasteiger partial charge in [0, 0.05) is 19.6 Å². The summed E-state index contributed by atoms with van der Waals surface area (Å²) >= 11 is 0. The second kappa shape index (κ2) is 11.8. The van der Waals surface area contributed by atoms with Gasteiger partial charge in [-0.05, 0) is 37.7 Å². The van der Waals surface area contributed by atoms with E-state index in [1.165, 1.54) is 17.5 Å². The summed E-state index contributed by atoms with van der Waals surface area (Å²) in [5.41, 5.74) is 2.80.